The number of benzene rings is 2. The number of hydrogen-bond donors (Lipinski definition) is 2. The van der Waals surface area contributed by atoms with Crippen molar-refractivity contribution in [2.24, 2.45) is 0 Å². The Labute approximate surface area is 162 Å². The second kappa shape index (κ2) is 8.68. The lowest BCUT2D eigenvalue weighted by Crippen LogP contribution is -2.14. The molecular formula is C21H19N3O4. The highest BCUT2D eigenvalue weighted by molar-refractivity contribution is 6.03. The average Bonchev–Trinajstić information content (AvgIpc) is 2.74. The van der Waals surface area contributed by atoms with E-state index in [1.807, 2.05) is 6.07 Å². The molecular weight excluding hydrogens is 358 g/mol. The molecule has 0 aliphatic carbocycles. The molecule has 1 heterocycles. The molecule has 0 bridgehead atoms. The molecule has 0 unspecified atom stereocenters. The number of para-hydroxylation sites is 3. The molecule has 7 heteroatoms. The van der Waals surface area contributed by atoms with Gasteiger partial charge in [-0.3, -0.25) is 4.79 Å². The van der Waals surface area contributed by atoms with Crippen LogP contribution in [0.25, 0.3) is 0 Å². The first-order valence-corrected chi connectivity index (χ1v) is 8.47. The van der Waals surface area contributed by atoms with E-state index >= 15 is 0 Å². The molecule has 142 valence electrons. The van der Waals surface area contributed by atoms with Crippen LogP contribution in [0.4, 0.5) is 17.1 Å². The van der Waals surface area contributed by atoms with Gasteiger partial charge in [0.2, 0.25) is 0 Å². The van der Waals surface area contributed by atoms with E-state index in [4.69, 9.17) is 9.47 Å². The first-order chi connectivity index (χ1) is 13.6. The lowest BCUT2D eigenvalue weighted by Gasteiger charge is -2.11. The quantitative estimate of drug-likeness (QED) is 0.634. The number of nitrogens with one attached hydrogen (secondary N) is 2. The lowest BCUT2D eigenvalue weighted by molar-refractivity contribution is 0.0601. The van der Waals surface area contributed by atoms with Gasteiger partial charge in [0.25, 0.3) is 5.91 Å². The number of nitrogens with zero attached hydrogens (tertiary/aromatic N) is 1. The van der Waals surface area contributed by atoms with E-state index in [1.165, 1.54) is 20.4 Å². The number of carbonyl (C=O) groups is 2. The maximum absolute atomic E-state index is 12.4. The maximum atomic E-state index is 12.4. The highest BCUT2D eigenvalue weighted by Crippen LogP contribution is 2.24. The van der Waals surface area contributed by atoms with E-state index in [-0.39, 0.29) is 11.6 Å². The fraction of sp³-hybridized carbons (Fsp3) is 0.0952. The third kappa shape index (κ3) is 4.27. The highest BCUT2D eigenvalue weighted by Gasteiger charge is 2.13. The first-order valence-electron chi connectivity index (χ1n) is 8.47. The Bertz CT molecular complexity index is 987. The van der Waals surface area contributed by atoms with Gasteiger partial charge in [0, 0.05) is 0 Å². The number of pyridine rings is 1. The van der Waals surface area contributed by atoms with Crippen LogP contribution in [0, 0.1) is 0 Å². The molecule has 0 fully saturated rings. The Balaban J connectivity index is 1.74. The van der Waals surface area contributed by atoms with Crippen LogP contribution in [0.5, 0.6) is 5.75 Å². The number of methoxy groups -OCH3 is 2. The lowest BCUT2D eigenvalue weighted by atomic mass is 10.1. The van der Waals surface area contributed by atoms with E-state index in [0.717, 1.165) is 0 Å². The molecule has 0 aliphatic rings. The summed E-state index contributed by atoms with van der Waals surface area (Å²) in [4.78, 5) is 28.5. The Morgan fingerprint density at radius 2 is 1.61 bits per heavy atom. The van der Waals surface area contributed by atoms with Gasteiger partial charge in [0.1, 0.15) is 11.4 Å². The van der Waals surface area contributed by atoms with E-state index in [9.17, 15) is 9.59 Å². The van der Waals surface area contributed by atoms with Gasteiger partial charge in [-0.1, -0.05) is 24.3 Å². The summed E-state index contributed by atoms with van der Waals surface area (Å²) in [5.41, 5.74) is 2.43. The number of ether oxygens (including phenoxy) is 2. The molecule has 0 aliphatic heterocycles. The molecule has 0 radical (unpaired) electrons. The second-order valence-corrected chi connectivity index (χ2v) is 5.75. The van der Waals surface area contributed by atoms with Crippen LogP contribution in [0.3, 0.4) is 0 Å². The van der Waals surface area contributed by atoms with Crippen molar-refractivity contribution >= 4 is 28.9 Å². The van der Waals surface area contributed by atoms with Crippen LogP contribution < -0.4 is 15.4 Å². The zero-order chi connectivity index (χ0) is 19.9. The summed E-state index contributed by atoms with van der Waals surface area (Å²) < 4.78 is 10.0. The largest absolute Gasteiger partial charge is 0.495 e. The number of anilines is 3. The summed E-state index contributed by atoms with van der Waals surface area (Å²) >= 11 is 0. The summed E-state index contributed by atoms with van der Waals surface area (Å²) in [5, 5.41) is 5.88. The Morgan fingerprint density at radius 3 is 2.29 bits per heavy atom. The minimum atomic E-state index is -0.441. The van der Waals surface area contributed by atoms with Crippen molar-refractivity contribution in [3.05, 3.63) is 78.1 Å². The smallest absolute Gasteiger partial charge is 0.339 e. The van der Waals surface area contributed by atoms with Gasteiger partial charge in [-0.15, -0.1) is 0 Å². The molecule has 2 N–H and O–H groups in total. The van der Waals surface area contributed by atoms with Crippen molar-refractivity contribution < 1.29 is 19.1 Å². The third-order valence-corrected chi connectivity index (χ3v) is 3.96. The Hall–Kier alpha value is -3.87. The van der Waals surface area contributed by atoms with E-state index < -0.39 is 5.97 Å². The molecule has 1 aromatic heterocycles. The maximum Gasteiger partial charge on any atom is 0.339 e. The minimum Gasteiger partial charge on any atom is -0.495 e. The van der Waals surface area contributed by atoms with Gasteiger partial charge in [0.05, 0.1) is 43.0 Å². The highest BCUT2D eigenvalue weighted by atomic mass is 16.5. The zero-order valence-electron chi connectivity index (χ0n) is 15.4. The summed E-state index contributed by atoms with van der Waals surface area (Å²) in [6.45, 7) is 0. The van der Waals surface area contributed by atoms with Gasteiger partial charge < -0.3 is 20.1 Å². The van der Waals surface area contributed by atoms with E-state index in [0.29, 0.717) is 28.4 Å². The van der Waals surface area contributed by atoms with Crippen molar-refractivity contribution in [3.8, 4) is 5.75 Å². The summed E-state index contributed by atoms with van der Waals surface area (Å²) in [7, 11) is 2.87. The van der Waals surface area contributed by atoms with Crippen molar-refractivity contribution in [1.29, 1.82) is 0 Å². The molecule has 0 spiro atoms. The van der Waals surface area contributed by atoms with Gasteiger partial charge in [-0.25, -0.2) is 9.78 Å². The summed E-state index contributed by atoms with van der Waals surface area (Å²) in [5.74, 6) is -0.233. The molecule has 0 atom stereocenters. The molecule has 0 saturated heterocycles. The van der Waals surface area contributed by atoms with Crippen LogP contribution in [0.1, 0.15) is 20.8 Å². The number of esters is 1. The number of amides is 1. The first kappa shape index (κ1) is 18.9. The van der Waals surface area contributed by atoms with Gasteiger partial charge in [0.15, 0.2) is 0 Å². The van der Waals surface area contributed by atoms with Crippen molar-refractivity contribution in [2.75, 3.05) is 24.9 Å². The molecule has 3 aromatic rings. The molecule has 3 rings (SSSR count). The second-order valence-electron chi connectivity index (χ2n) is 5.75. The van der Waals surface area contributed by atoms with Crippen LogP contribution in [-0.4, -0.2) is 31.1 Å². The molecule has 28 heavy (non-hydrogen) atoms. The van der Waals surface area contributed by atoms with Crippen molar-refractivity contribution in [3.63, 3.8) is 0 Å². The van der Waals surface area contributed by atoms with Crippen LogP contribution in [-0.2, 0) is 4.74 Å². The SMILES string of the molecule is COC(=O)c1ccccc1Nc1ccc(C(=O)Nc2ccccc2OC)nc1. The van der Waals surface area contributed by atoms with Gasteiger partial charge in [-0.05, 0) is 36.4 Å². The molecule has 1 amide bonds. The minimum absolute atomic E-state index is 0.248. The fourth-order valence-corrected chi connectivity index (χ4v) is 2.57. The van der Waals surface area contributed by atoms with E-state index in [1.54, 1.807) is 54.6 Å². The third-order valence-electron chi connectivity index (χ3n) is 3.96. The van der Waals surface area contributed by atoms with Gasteiger partial charge in [-0.2, -0.15) is 0 Å². The van der Waals surface area contributed by atoms with Crippen molar-refractivity contribution in [2.45, 2.75) is 0 Å². The zero-order valence-corrected chi connectivity index (χ0v) is 15.4. The average molecular weight is 377 g/mol. The monoisotopic (exact) mass is 377 g/mol. The predicted molar refractivity (Wildman–Crippen MR) is 106 cm³/mol. The fourth-order valence-electron chi connectivity index (χ4n) is 2.57. The summed E-state index contributed by atoms with van der Waals surface area (Å²) in [6, 6.07) is 17.4. The summed E-state index contributed by atoms with van der Waals surface area (Å²) in [6.07, 6.45) is 1.52. The number of hydrogen-bond acceptors (Lipinski definition) is 6. The Kier molecular flexibility index (Phi) is 5.86. The predicted octanol–water partition coefficient (Wildman–Crippen LogP) is 3.87. The standard InChI is InChI=1S/C21H19N3O4/c1-27-19-10-6-5-9-17(19)24-20(25)18-12-11-14(13-22-18)23-16-8-4-3-7-15(16)21(26)28-2/h3-13,23H,1-2H3,(H,24,25). The molecule has 0 saturated carbocycles. The molecule has 7 nitrogen and oxygen atoms in total. The molecule has 2 aromatic carbocycles. The van der Waals surface area contributed by atoms with E-state index in [2.05, 4.69) is 15.6 Å². The normalized spacial score (nSPS) is 10.1. The van der Waals surface area contributed by atoms with Crippen LogP contribution >= 0.6 is 0 Å². The van der Waals surface area contributed by atoms with Crippen molar-refractivity contribution in [1.82, 2.24) is 4.98 Å². The number of rotatable bonds is 6. The van der Waals surface area contributed by atoms with Gasteiger partial charge >= 0.3 is 5.97 Å². The number of carbonyl (C=O) groups excluding carboxylic acids is 2. The van der Waals surface area contributed by atoms with Crippen LogP contribution in [0.15, 0.2) is 66.9 Å². The topological polar surface area (TPSA) is 89.5 Å². The van der Waals surface area contributed by atoms with Crippen LogP contribution in [0.2, 0.25) is 0 Å². The Morgan fingerprint density at radius 1 is 0.893 bits per heavy atom. The number of aromatic nitrogens is 1.